The Labute approximate surface area is 133 Å². The van der Waals surface area contributed by atoms with Crippen LogP contribution in [-0.4, -0.2) is 5.71 Å². The minimum atomic E-state index is -0.339. The van der Waals surface area contributed by atoms with Gasteiger partial charge in [-0.25, -0.2) is 4.79 Å². The SMILES string of the molecule is Cc1ccc([C@H]2CC(c3cc4ccccc4oc3=O)=NN2)cc1. The van der Waals surface area contributed by atoms with Gasteiger partial charge in [0.15, 0.2) is 0 Å². The Morgan fingerprint density at radius 1 is 1.13 bits per heavy atom. The molecule has 1 aliphatic rings. The third kappa shape index (κ3) is 2.52. The van der Waals surface area contributed by atoms with Crippen LogP contribution >= 0.6 is 0 Å². The Hall–Kier alpha value is -2.88. The van der Waals surface area contributed by atoms with Crippen molar-refractivity contribution >= 4 is 16.7 Å². The maximum absolute atomic E-state index is 12.2. The Balaban J connectivity index is 1.66. The molecule has 4 nitrogen and oxygen atoms in total. The molecule has 0 saturated heterocycles. The summed E-state index contributed by atoms with van der Waals surface area (Å²) in [5.41, 5.74) is 7.05. The summed E-state index contributed by atoms with van der Waals surface area (Å²) >= 11 is 0. The monoisotopic (exact) mass is 304 g/mol. The Bertz CT molecular complexity index is 955. The van der Waals surface area contributed by atoms with Gasteiger partial charge in [0.1, 0.15) is 5.58 Å². The highest BCUT2D eigenvalue weighted by Gasteiger charge is 2.23. The molecule has 0 saturated carbocycles. The van der Waals surface area contributed by atoms with Crippen LogP contribution in [0.4, 0.5) is 0 Å². The molecule has 2 aromatic carbocycles. The average molecular weight is 304 g/mol. The molecule has 1 aliphatic heterocycles. The third-order valence-electron chi connectivity index (χ3n) is 4.18. The van der Waals surface area contributed by atoms with Crippen LogP contribution < -0.4 is 11.1 Å². The first kappa shape index (κ1) is 13.8. The van der Waals surface area contributed by atoms with Crippen molar-refractivity contribution in [2.45, 2.75) is 19.4 Å². The van der Waals surface area contributed by atoms with Gasteiger partial charge in [0.25, 0.3) is 0 Å². The number of para-hydroxylation sites is 1. The molecule has 3 aromatic rings. The Morgan fingerprint density at radius 2 is 1.91 bits per heavy atom. The van der Waals surface area contributed by atoms with Gasteiger partial charge in [0.2, 0.25) is 0 Å². The summed E-state index contributed by atoms with van der Waals surface area (Å²) in [4.78, 5) is 12.2. The lowest BCUT2D eigenvalue weighted by Crippen LogP contribution is -2.14. The second-order valence-corrected chi connectivity index (χ2v) is 5.84. The number of aryl methyl sites for hydroxylation is 1. The van der Waals surface area contributed by atoms with Crippen LogP contribution in [0.15, 0.2) is 68.9 Å². The van der Waals surface area contributed by atoms with Gasteiger partial charge < -0.3 is 9.84 Å². The molecule has 2 heterocycles. The fourth-order valence-corrected chi connectivity index (χ4v) is 2.86. The van der Waals surface area contributed by atoms with E-state index in [-0.39, 0.29) is 11.7 Å². The highest BCUT2D eigenvalue weighted by molar-refractivity contribution is 6.03. The van der Waals surface area contributed by atoms with Gasteiger partial charge >= 0.3 is 5.63 Å². The molecule has 4 heteroatoms. The molecule has 0 aliphatic carbocycles. The van der Waals surface area contributed by atoms with E-state index < -0.39 is 0 Å². The number of nitrogens with one attached hydrogen (secondary N) is 1. The van der Waals surface area contributed by atoms with Crippen LogP contribution in [0.1, 0.15) is 29.2 Å². The van der Waals surface area contributed by atoms with E-state index in [1.165, 1.54) is 11.1 Å². The lowest BCUT2D eigenvalue weighted by atomic mass is 9.99. The van der Waals surface area contributed by atoms with Crippen LogP contribution in [0.25, 0.3) is 11.0 Å². The average Bonchev–Trinajstić information content (AvgIpc) is 3.04. The first-order valence-electron chi connectivity index (χ1n) is 7.62. The molecule has 0 amide bonds. The highest BCUT2D eigenvalue weighted by atomic mass is 16.4. The van der Waals surface area contributed by atoms with E-state index in [2.05, 4.69) is 41.7 Å². The summed E-state index contributed by atoms with van der Waals surface area (Å²) in [5.74, 6) is 0. The predicted octanol–water partition coefficient (Wildman–Crippen LogP) is 3.54. The highest BCUT2D eigenvalue weighted by Crippen LogP contribution is 2.25. The number of hydrogen-bond acceptors (Lipinski definition) is 4. The van der Waals surface area contributed by atoms with Crippen molar-refractivity contribution in [1.29, 1.82) is 0 Å². The molecule has 1 N–H and O–H groups in total. The first-order valence-corrected chi connectivity index (χ1v) is 7.62. The minimum Gasteiger partial charge on any atom is -0.422 e. The molecular formula is C19H16N2O2. The van der Waals surface area contributed by atoms with E-state index in [1.807, 2.05) is 24.3 Å². The summed E-state index contributed by atoms with van der Waals surface area (Å²) in [7, 11) is 0. The predicted molar refractivity (Wildman–Crippen MR) is 90.7 cm³/mol. The molecule has 0 unspecified atom stereocenters. The second-order valence-electron chi connectivity index (χ2n) is 5.84. The summed E-state index contributed by atoms with van der Waals surface area (Å²) in [6, 6.07) is 17.8. The number of fused-ring (bicyclic) bond motifs is 1. The quantitative estimate of drug-likeness (QED) is 0.737. The number of nitrogens with zero attached hydrogens (tertiary/aromatic N) is 1. The van der Waals surface area contributed by atoms with Crippen LogP contribution in [0.3, 0.4) is 0 Å². The molecule has 4 rings (SSSR count). The number of benzene rings is 2. The van der Waals surface area contributed by atoms with Gasteiger partial charge in [-0.1, -0.05) is 48.0 Å². The van der Waals surface area contributed by atoms with Crippen LogP contribution in [0.5, 0.6) is 0 Å². The third-order valence-corrected chi connectivity index (χ3v) is 4.18. The van der Waals surface area contributed by atoms with E-state index in [9.17, 15) is 4.79 Å². The van der Waals surface area contributed by atoms with Gasteiger partial charge in [0, 0.05) is 11.8 Å². The maximum Gasteiger partial charge on any atom is 0.345 e. The first-order chi connectivity index (χ1) is 11.2. The topological polar surface area (TPSA) is 54.6 Å². The molecule has 0 radical (unpaired) electrons. The fraction of sp³-hybridized carbons (Fsp3) is 0.158. The summed E-state index contributed by atoms with van der Waals surface area (Å²) in [6.07, 6.45) is 0.673. The van der Waals surface area contributed by atoms with Crippen molar-refractivity contribution in [3.63, 3.8) is 0 Å². The lowest BCUT2D eigenvalue weighted by Gasteiger charge is -2.10. The van der Waals surface area contributed by atoms with Crippen molar-refractivity contribution in [3.05, 3.63) is 81.7 Å². The molecule has 0 fully saturated rings. The second kappa shape index (κ2) is 5.39. The lowest BCUT2D eigenvalue weighted by molar-refractivity contribution is 0.559. The van der Waals surface area contributed by atoms with Crippen molar-refractivity contribution < 1.29 is 4.42 Å². The minimum absolute atomic E-state index is 0.0940. The zero-order valence-electron chi connectivity index (χ0n) is 12.7. The zero-order valence-corrected chi connectivity index (χ0v) is 12.7. The summed E-state index contributed by atoms with van der Waals surface area (Å²) < 4.78 is 5.40. The summed E-state index contributed by atoms with van der Waals surface area (Å²) in [5, 5.41) is 5.27. The summed E-state index contributed by atoms with van der Waals surface area (Å²) in [6.45, 7) is 2.06. The van der Waals surface area contributed by atoms with E-state index >= 15 is 0 Å². The largest absolute Gasteiger partial charge is 0.422 e. The molecule has 0 spiro atoms. The maximum atomic E-state index is 12.2. The van der Waals surface area contributed by atoms with Gasteiger partial charge in [-0.2, -0.15) is 5.10 Å². The molecule has 0 bridgehead atoms. The van der Waals surface area contributed by atoms with Crippen LogP contribution in [0.2, 0.25) is 0 Å². The van der Waals surface area contributed by atoms with E-state index in [0.29, 0.717) is 17.6 Å². The smallest absolute Gasteiger partial charge is 0.345 e. The van der Waals surface area contributed by atoms with Crippen LogP contribution in [-0.2, 0) is 0 Å². The Kier molecular flexibility index (Phi) is 3.23. The zero-order chi connectivity index (χ0) is 15.8. The van der Waals surface area contributed by atoms with E-state index in [1.54, 1.807) is 6.07 Å². The van der Waals surface area contributed by atoms with Gasteiger partial charge in [-0.05, 0) is 24.6 Å². The van der Waals surface area contributed by atoms with E-state index in [4.69, 9.17) is 4.42 Å². The number of rotatable bonds is 2. The van der Waals surface area contributed by atoms with Crippen molar-refractivity contribution in [2.75, 3.05) is 0 Å². The number of hydrogen-bond donors (Lipinski definition) is 1. The van der Waals surface area contributed by atoms with Gasteiger partial charge in [-0.15, -0.1) is 0 Å². The van der Waals surface area contributed by atoms with E-state index in [0.717, 1.165) is 11.1 Å². The van der Waals surface area contributed by atoms with Crippen LogP contribution in [0, 0.1) is 6.92 Å². The number of hydrazone groups is 1. The molecule has 114 valence electrons. The van der Waals surface area contributed by atoms with Crippen molar-refractivity contribution in [3.8, 4) is 0 Å². The molecule has 23 heavy (non-hydrogen) atoms. The normalized spacial score (nSPS) is 17.1. The Morgan fingerprint density at radius 3 is 2.74 bits per heavy atom. The van der Waals surface area contributed by atoms with Crippen molar-refractivity contribution in [1.82, 2.24) is 5.43 Å². The standard InChI is InChI=1S/C19H16N2O2/c1-12-6-8-13(9-7-12)16-11-17(21-20-16)15-10-14-4-2-3-5-18(14)23-19(15)22/h2-10,16,20H,11H2,1H3/t16-/m1/s1. The molecular weight excluding hydrogens is 288 g/mol. The van der Waals surface area contributed by atoms with Crippen molar-refractivity contribution in [2.24, 2.45) is 5.10 Å². The van der Waals surface area contributed by atoms with Gasteiger partial charge in [0.05, 0.1) is 17.3 Å². The van der Waals surface area contributed by atoms with Gasteiger partial charge in [-0.3, -0.25) is 0 Å². The fourth-order valence-electron chi connectivity index (χ4n) is 2.86. The molecule has 1 aromatic heterocycles. The molecule has 1 atom stereocenters.